The summed E-state index contributed by atoms with van der Waals surface area (Å²) in [5.74, 6) is -2.27. The molecule has 0 atom stereocenters. The Bertz CT molecular complexity index is 454. The number of phenols is 1. The van der Waals surface area contributed by atoms with Crippen LogP contribution in [-0.2, 0) is 10.9 Å². The molecule has 0 spiro atoms. The van der Waals surface area contributed by atoms with Gasteiger partial charge in [-0.3, -0.25) is 0 Å². The zero-order chi connectivity index (χ0) is 13.9. The SMILES string of the molecule is CCOC(=O)c1c(O)cc(OC)cc1C(F)(F)F. The number of hydrogen-bond acceptors (Lipinski definition) is 4. The fourth-order valence-corrected chi connectivity index (χ4v) is 1.36. The van der Waals surface area contributed by atoms with Gasteiger partial charge in [-0.15, -0.1) is 0 Å². The van der Waals surface area contributed by atoms with Gasteiger partial charge in [0.1, 0.15) is 17.1 Å². The van der Waals surface area contributed by atoms with E-state index < -0.39 is 29.0 Å². The number of carbonyl (C=O) groups is 1. The molecular weight excluding hydrogens is 253 g/mol. The van der Waals surface area contributed by atoms with Crippen molar-refractivity contribution >= 4 is 5.97 Å². The smallest absolute Gasteiger partial charge is 0.417 e. The first-order valence-electron chi connectivity index (χ1n) is 4.96. The maximum atomic E-state index is 12.8. The first-order valence-corrected chi connectivity index (χ1v) is 4.96. The maximum Gasteiger partial charge on any atom is 0.417 e. The molecular formula is C11H11F3O4. The van der Waals surface area contributed by atoms with E-state index >= 15 is 0 Å². The van der Waals surface area contributed by atoms with E-state index in [1.54, 1.807) is 0 Å². The summed E-state index contributed by atoms with van der Waals surface area (Å²) in [5.41, 5.74) is -2.21. The Hall–Kier alpha value is -1.92. The summed E-state index contributed by atoms with van der Waals surface area (Å²) in [5, 5.41) is 9.48. The second-order valence-electron chi connectivity index (χ2n) is 3.29. The van der Waals surface area contributed by atoms with Gasteiger partial charge in [-0.1, -0.05) is 0 Å². The Morgan fingerprint density at radius 2 is 2.00 bits per heavy atom. The summed E-state index contributed by atoms with van der Waals surface area (Å²) >= 11 is 0. The summed E-state index contributed by atoms with van der Waals surface area (Å²) in [6.07, 6.45) is -4.80. The van der Waals surface area contributed by atoms with Crippen LogP contribution < -0.4 is 4.74 Å². The summed E-state index contributed by atoms with van der Waals surface area (Å²) in [4.78, 5) is 11.4. The third kappa shape index (κ3) is 2.85. The van der Waals surface area contributed by atoms with Gasteiger partial charge in [0.25, 0.3) is 0 Å². The van der Waals surface area contributed by atoms with Crippen LogP contribution in [0.5, 0.6) is 11.5 Å². The minimum atomic E-state index is -4.80. The molecule has 0 aliphatic carbocycles. The van der Waals surface area contributed by atoms with E-state index in [-0.39, 0.29) is 12.4 Å². The minimum Gasteiger partial charge on any atom is -0.507 e. The molecule has 1 N–H and O–H groups in total. The summed E-state index contributed by atoms with van der Waals surface area (Å²) in [7, 11) is 1.15. The third-order valence-electron chi connectivity index (χ3n) is 2.11. The average Bonchev–Trinajstić information content (AvgIpc) is 2.26. The first kappa shape index (κ1) is 14.1. The molecule has 0 unspecified atom stereocenters. The van der Waals surface area contributed by atoms with Crippen LogP contribution in [0.1, 0.15) is 22.8 Å². The molecule has 0 aliphatic rings. The van der Waals surface area contributed by atoms with Crippen LogP contribution in [0, 0.1) is 0 Å². The van der Waals surface area contributed by atoms with Gasteiger partial charge in [0.2, 0.25) is 0 Å². The number of halogens is 3. The van der Waals surface area contributed by atoms with Crippen molar-refractivity contribution in [3.63, 3.8) is 0 Å². The molecule has 0 amide bonds. The number of ether oxygens (including phenoxy) is 2. The fourth-order valence-electron chi connectivity index (χ4n) is 1.36. The van der Waals surface area contributed by atoms with Gasteiger partial charge in [-0.2, -0.15) is 13.2 Å². The Balaban J connectivity index is 3.43. The van der Waals surface area contributed by atoms with Gasteiger partial charge in [-0.25, -0.2) is 4.79 Å². The lowest BCUT2D eigenvalue weighted by molar-refractivity contribution is -0.138. The zero-order valence-electron chi connectivity index (χ0n) is 9.67. The van der Waals surface area contributed by atoms with E-state index in [9.17, 15) is 23.1 Å². The molecule has 1 aromatic rings. The van der Waals surface area contributed by atoms with Crippen molar-refractivity contribution in [3.05, 3.63) is 23.3 Å². The molecule has 1 aromatic carbocycles. The highest BCUT2D eigenvalue weighted by Crippen LogP contribution is 2.39. The lowest BCUT2D eigenvalue weighted by atomic mass is 10.1. The Kier molecular flexibility index (Phi) is 4.05. The van der Waals surface area contributed by atoms with E-state index in [2.05, 4.69) is 9.47 Å². The van der Waals surface area contributed by atoms with Crippen LogP contribution in [0.2, 0.25) is 0 Å². The lowest BCUT2D eigenvalue weighted by Crippen LogP contribution is -2.15. The van der Waals surface area contributed by atoms with Crippen molar-refractivity contribution in [1.82, 2.24) is 0 Å². The van der Waals surface area contributed by atoms with Crippen molar-refractivity contribution in [2.45, 2.75) is 13.1 Å². The molecule has 18 heavy (non-hydrogen) atoms. The van der Waals surface area contributed by atoms with E-state index in [4.69, 9.17) is 0 Å². The number of aromatic hydroxyl groups is 1. The second kappa shape index (κ2) is 5.16. The number of benzene rings is 1. The van der Waals surface area contributed by atoms with Crippen molar-refractivity contribution in [3.8, 4) is 11.5 Å². The van der Waals surface area contributed by atoms with Crippen molar-refractivity contribution < 1.29 is 32.5 Å². The van der Waals surface area contributed by atoms with Gasteiger partial charge in [0.15, 0.2) is 0 Å². The molecule has 1 rings (SSSR count). The molecule has 0 heterocycles. The number of alkyl halides is 3. The molecule has 4 nitrogen and oxygen atoms in total. The van der Waals surface area contributed by atoms with Gasteiger partial charge in [0, 0.05) is 6.07 Å². The number of carbonyl (C=O) groups excluding carboxylic acids is 1. The average molecular weight is 264 g/mol. The van der Waals surface area contributed by atoms with Crippen molar-refractivity contribution in [2.24, 2.45) is 0 Å². The normalized spacial score (nSPS) is 11.2. The predicted molar refractivity (Wildman–Crippen MR) is 55.6 cm³/mol. The third-order valence-corrected chi connectivity index (χ3v) is 2.11. The van der Waals surface area contributed by atoms with E-state index in [0.717, 1.165) is 13.2 Å². The quantitative estimate of drug-likeness (QED) is 0.852. The molecule has 100 valence electrons. The lowest BCUT2D eigenvalue weighted by Gasteiger charge is -2.14. The molecule has 7 heteroatoms. The van der Waals surface area contributed by atoms with Crippen LogP contribution >= 0.6 is 0 Å². The highest BCUT2D eigenvalue weighted by molar-refractivity contribution is 5.94. The van der Waals surface area contributed by atoms with Crippen LogP contribution in [0.4, 0.5) is 13.2 Å². The topological polar surface area (TPSA) is 55.8 Å². The van der Waals surface area contributed by atoms with E-state index in [0.29, 0.717) is 6.07 Å². The van der Waals surface area contributed by atoms with Crippen molar-refractivity contribution in [2.75, 3.05) is 13.7 Å². The van der Waals surface area contributed by atoms with Crippen LogP contribution in [0.3, 0.4) is 0 Å². The largest absolute Gasteiger partial charge is 0.507 e. The van der Waals surface area contributed by atoms with Crippen molar-refractivity contribution in [1.29, 1.82) is 0 Å². The maximum absolute atomic E-state index is 12.8. The van der Waals surface area contributed by atoms with Crippen LogP contribution in [-0.4, -0.2) is 24.8 Å². The van der Waals surface area contributed by atoms with E-state index in [1.807, 2.05) is 0 Å². The zero-order valence-corrected chi connectivity index (χ0v) is 9.67. The molecule has 0 fully saturated rings. The Labute approximate surface area is 101 Å². The number of rotatable bonds is 3. The Morgan fingerprint density at radius 3 is 2.44 bits per heavy atom. The van der Waals surface area contributed by atoms with Crippen LogP contribution in [0.25, 0.3) is 0 Å². The Morgan fingerprint density at radius 1 is 1.39 bits per heavy atom. The number of phenolic OH excluding ortho intramolecular Hbond substituents is 1. The van der Waals surface area contributed by atoms with Gasteiger partial charge in [0.05, 0.1) is 19.3 Å². The number of esters is 1. The molecule has 0 saturated carbocycles. The second-order valence-corrected chi connectivity index (χ2v) is 3.29. The first-order chi connectivity index (χ1) is 8.31. The highest BCUT2D eigenvalue weighted by atomic mass is 19.4. The summed E-state index contributed by atoms with van der Waals surface area (Å²) in [6.45, 7) is 1.35. The minimum absolute atomic E-state index is 0.0956. The molecule has 0 aliphatic heterocycles. The molecule has 0 bridgehead atoms. The van der Waals surface area contributed by atoms with Gasteiger partial charge in [-0.05, 0) is 13.0 Å². The summed E-state index contributed by atoms with van der Waals surface area (Å²) in [6, 6.07) is 1.55. The van der Waals surface area contributed by atoms with Crippen LogP contribution in [0.15, 0.2) is 12.1 Å². The molecule has 0 radical (unpaired) electrons. The fraction of sp³-hybridized carbons (Fsp3) is 0.364. The van der Waals surface area contributed by atoms with Gasteiger partial charge < -0.3 is 14.6 Å². The standard InChI is InChI=1S/C11H11F3O4/c1-3-18-10(16)9-7(11(12,13)14)4-6(17-2)5-8(9)15/h4-5,15H,3H2,1-2H3. The molecule has 0 saturated heterocycles. The molecule has 0 aromatic heterocycles. The van der Waals surface area contributed by atoms with E-state index in [1.165, 1.54) is 6.92 Å². The number of methoxy groups -OCH3 is 1. The number of hydrogen-bond donors (Lipinski definition) is 1. The van der Waals surface area contributed by atoms with Gasteiger partial charge >= 0.3 is 12.1 Å². The predicted octanol–water partition coefficient (Wildman–Crippen LogP) is 2.60. The highest BCUT2D eigenvalue weighted by Gasteiger charge is 2.38. The monoisotopic (exact) mass is 264 g/mol. The summed E-state index contributed by atoms with van der Waals surface area (Å²) < 4.78 is 47.4.